The lowest BCUT2D eigenvalue weighted by Gasteiger charge is -2.15. The first-order valence-corrected chi connectivity index (χ1v) is 14.4. The van der Waals surface area contributed by atoms with Gasteiger partial charge < -0.3 is 25.4 Å². The number of hydrogen-bond donors (Lipinski definition) is 3. The van der Waals surface area contributed by atoms with Gasteiger partial charge in [0.1, 0.15) is 11.4 Å². The van der Waals surface area contributed by atoms with E-state index in [1.165, 1.54) is 18.9 Å². The standard InChI is InChI=1S/C34H31N3O6S/c1-22(31(38)36-29-15-8-7-14-28(29)34(41)43-3)44-27-18-16-25(17-19-27)35-33(40)30(21-23-10-9-13-26(20-23)42-2)37-32(39)24-11-5-4-6-12-24/h4-22H,1-3H3,(H,35,40)(H,36,38)(H,37,39)/b30-21-. The molecule has 224 valence electrons. The molecule has 9 nitrogen and oxygen atoms in total. The van der Waals surface area contributed by atoms with Gasteiger partial charge >= 0.3 is 5.97 Å². The second-order valence-corrected chi connectivity index (χ2v) is 10.8. The number of carbonyl (C=O) groups is 4. The van der Waals surface area contributed by atoms with Crippen molar-refractivity contribution < 1.29 is 28.7 Å². The van der Waals surface area contributed by atoms with Crippen molar-refractivity contribution in [2.45, 2.75) is 17.1 Å². The highest BCUT2D eigenvalue weighted by Gasteiger charge is 2.19. The molecular formula is C34H31N3O6S. The summed E-state index contributed by atoms with van der Waals surface area (Å²) in [5.41, 5.74) is 2.24. The van der Waals surface area contributed by atoms with Crippen LogP contribution in [-0.4, -0.2) is 43.2 Å². The Labute approximate surface area is 259 Å². The average molecular weight is 610 g/mol. The highest BCUT2D eigenvalue weighted by molar-refractivity contribution is 8.00. The van der Waals surface area contributed by atoms with Crippen LogP contribution >= 0.6 is 11.8 Å². The van der Waals surface area contributed by atoms with Crippen LogP contribution in [-0.2, 0) is 14.3 Å². The molecule has 0 aliphatic rings. The molecule has 0 spiro atoms. The van der Waals surface area contributed by atoms with Crippen molar-refractivity contribution in [1.82, 2.24) is 5.32 Å². The molecule has 0 saturated carbocycles. The Morgan fingerprint density at radius 1 is 0.795 bits per heavy atom. The number of anilines is 2. The van der Waals surface area contributed by atoms with E-state index in [1.54, 1.807) is 123 Å². The van der Waals surface area contributed by atoms with Gasteiger partial charge in [0.2, 0.25) is 5.91 Å². The van der Waals surface area contributed by atoms with E-state index in [4.69, 9.17) is 9.47 Å². The van der Waals surface area contributed by atoms with Crippen molar-refractivity contribution in [3.63, 3.8) is 0 Å². The summed E-state index contributed by atoms with van der Waals surface area (Å²) in [5, 5.41) is 7.83. The molecule has 4 aromatic carbocycles. The van der Waals surface area contributed by atoms with E-state index >= 15 is 0 Å². The van der Waals surface area contributed by atoms with E-state index in [0.29, 0.717) is 28.3 Å². The van der Waals surface area contributed by atoms with Crippen molar-refractivity contribution in [2.24, 2.45) is 0 Å². The number of nitrogens with one attached hydrogen (secondary N) is 3. The van der Waals surface area contributed by atoms with Crippen LogP contribution in [0.4, 0.5) is 11.4 Å². The number of amides is 3. The lowest BCUT2D eigenvalue weighted by atomic mass is 10.1. The quantitative estimate of drug-likeness (QED) is 0.108. The van der Waals surface area contributed by atoms with Crippen LogP contribution in [0.2, 0.25) is 0 Å². The Bertz CT molecular complexity index is 1670. The average Bonchev–Trinajstić information content (AvgIpc) is 3.05. The third-order valence-electron chi connectivity index (χ3n) is 6.32. The summed E-state index contributed by atoms with van der Waals surface area (Å²) in [5.74, 6) is -1.17. The van der Waals surface area contributed by atoms with Gasteiger partial charge in [0.25, 0.3) is 11.8 Å². The van der Waals surface area contributed by atoms with Gasteiger partial charge in [-0.3, -0.25) is 14.4 Å². The Morgan fingerprint density at radius 2 is 1.50 bits per heavy atom. The summed E-state index contributed by atoms with van der Waals surface area (Å²) in [7, 11) is 2.83. The minimum atomic E-state index is -0.542. The molecule has 44 heavy (non-hydrogen) atoms. The molecule has 0 aliphatic carbocycles. The largest absolute Gasteiger partial charge is 0.497 e. The fourth-order valence-electron chi connectivity index (χ4n) is 4.03. The number of thioether (sulfide) groups is 1. The third kappa shape index (κ3) is 8.59. The van der Waals surface area contributed by atoms with Crippen LogP contribution < -0.4 is 20.7 Å². The van der Waals surface area contributed by atoms with Crippen molar-refractivity contribution in [3.8, 4) is 5.75 Å². The summed E-state index contributed by atoms with van der Waals surface area (Å²) in [6, 6.07) is 29.3. The number of esters is 1. The number of hydrogen-bond acceptors (Lipinski definition) is 7. The fourth-order valence-corrected chi connectivity index (χ4v) is 4.90. The summed E-state index contributed by atoms with van der Waals surface area (Å²) >= 11 is 1.31. The zero-order valence-corrected chi connectivity index (χ0v) is 25.1. The Hall–Kier alpha value is -5.35. The highest BCUT2D eigenvalue weighted by atomic mass is 32.2. The zero-order valence-electron chi connectivity index (χ0n) is 24.3. The van der Waals surface area contributed by atoms with Crippen LogP contribution in [0.3, 0.4) is 0 Å². The Morgan fingerprint density at radius 3 is 2.20 bits per heavy atom. The van der Waals surface area contributed by atoms with E-state index in [1.807, 2.05) is 0 Å². The number of carbonyl (C=O) groups excluding carboxylic acids is 4. The van der Waals surface area contributed by atoms with Gasteiger partial charge in [-0.1, -0.05) is 42.5 Å². The van der Waals surface area contributed by atoms with Crippen molar-refractivity contribution in [2.75, 3.05) is 24.9 Å². The zero-order chi connectivity index (χ0) is 31.5. The number of benzene rings is 4. The number of ether oxygens (including phenoxy) is 2. The van der Waals surface area contributed by atoms with Gasteiger partial charge in [-0.05, 0) is 79.2 Å². The summed E-state index contributed by atoms with van der Waals surface area (Å²) in [6.45, 7) is 1.75. The molecule has 3 amide bonds. The van der Waals surface area contributed by atoms with Gasteiger partial charge in [-0.2, -0.15) is 0 Å². The molecule has 0 heterocycles. The monoisotopic (exact) mass is 609 g/mol. The van der Waals surface area contributed by atoms with E-state index in [9.17, 15) is 19.2 Å². The summed E-state index contributed by atoms with van der Waals surface area (Å²) in [4.78, 5) is 51.9. The second-order valence-electron chi connectivity index (χ2n) is 9.42. The lowest BCUT2D eigenvalue weighted by Crippen LogP contribution is -2.30. The molecule has 0 radical (unpaired) electrons. The van der Waals surface area contributed by atoms with Crippen molar-refractivity contribution >= 4 is 52.9 Å². The number of methoxy groups -OCH3 is 2. The third-order valence-corrected chi connectivity index (χ3v) is 7.43. The molecule has 4 aromatic rings. The smallest absolute Gasteiger partial charge is 0.339 e. The van der Waals surface area contributed by atoms with E-state index in [-0.39, 0.29) is 17.2 Å². The molecular weight excluding hydrogens is 578 g/mol. The molecule has 1 unspecified atom stereocenters. The first-order valence-electron chi connectivity index (χ1n) is 13.6. The molecule has 0 saturated heterocycles. The Kier molecular flexibility index (Phi) is 10.9. The van der Waals surface area contributed by atoms with Gasteiger partial charge in [0.05, 0.1) is 30.7 Å². The normalized spacial score (nSPS) is 11.6. The Balaban J connectivity index is 1.44. The maximum atomic E-state index is 13.3. The molecule has 0 fully saturated rings. The molecule has 0 aliphatic heterocycles. The molecule has 4 rings (SSSR count). The van der Waals surface area contributed by atoms with Gasteiger partial charge in [0, 0.05) is 16.1 Å². The van der Waals surface area contributed by atoms with E-state index < -0.39 is 23.0 Å². The van der Waals surface area contributed by atoms with Crippen LogP contribution in [0.5, 0.6) is 5.75 Å². The van der Waals surface area contributed by atoms with E-state index in [2.05, 4.69) is 16.0 Å². The topological polar surface area (TPSA) is 123 Å². The molecule has 10 heteroatoms. The minimum Gasteiger partial charge on any atom is -0.497 e. The van der Waals surface area contributed by atoms with Crippen LogP contribution in [0.25, 0.3) is 6.08 Å². The molecule has 1 atom stereocenters. The maximum Gasteiger partial charge on any atom is 0.339 e. The predicted molar refractivity (Wildman–Crippen MR) is 172 cm³/mol. The van der Waals surface area contributed by atoms with Gasteiger partial charge in [-0.15, -0.1) is 11.8 Å². The first kappa shape index (κ1) is 31.6. The molecule has 0 aromatic heterocycles. The molecule has 3 N–H and O–H groups in total. The van der Waals surface area contributed by atoms with Gasteiger partial charge in [0.15, 0.2) is 0 Å². The minimum absolute atomic E-state index is 0.0445. The van der Waals surface area contributed by atoms with Crippen LogP contribution in [0.15, 0.2) is 114 Å². The fraction of sp³-hybridized carbons (Fsp3) is 0.118. The summed E-state index contributed by atoms with van der Waals surface area (Å²) < 4.78 is 10.1. The van der Waals surface area contributed by atoms with Crippen LogP contribution in [0, 0.1) is 0 Å². The van der Waals surface area contributed by atoms with Crippen molar-refractivity contribution in [3.05, 3.63) is 126 Å². The van der Waals surface area contributed by atoms with Crippen molar-refractivity contribution in [1.29, 1.82) is 0 Å². The number of para-hydroxylation sites is 1. The SMILES string of the molecule is COC(=O)c1ccccc1NC(=O)C(C)Sc1ccc(NC(=O)/C(=C/c2cccc(OC)c2)NC(=O)c2ccccc2)cc1. The first-order chi connectivity index (χ1) is 21.3. The lowest BCUT2D eigenvalue weighted by molar-refractivity contribution is -0.115. The maximum absolute atomic E-state index is 13.3. The highest BCUT2D eigenvalue weighted by Crippen LogP contribution is 2.27. The second kappa shape index (κ2) is 15.2. The predicted octanol–water partition coefficient (Wildman–Crippen LogP) is 6.01. The van der Waals surface area contributed by atoms with Gasteiger partial charge in [-0.25, -0.2) is 4.79 Å². The van der Waals surface area contributed by atoms with E-state index in [0.717, 1.165) is 4.90 Å². The summed E-state index contributed by atoms with van der Waals surface area (Å²) in [6.07, 6.45) is 1.57. The van der Waals surface area contributed by atoms with Crippen LogP contribution in [0.1, 0.15) is 33.2 Å². The number of rotatable bonds is 11. The molecule has 0 bridgehead atoms.